The third-order valence-corrected chi connectivity index (χ3v) is 4.04. The molecule has 0 saturated carbocycles. The van der Waals surface area contributed by atoms with Crippen molar-refractivity contribution in [1.82, 2.24) is 9.80 Å². The number of piperazine rings is 1. The summed E-state index contributed by atoms with van der Waals surface area (Å²) in [4.78, 5) is 15.4. The summed E-state index contributed by atoms with van der Waals surface area (Å²) in [6, 6.07) is 5.14. The number of hydrogen-bond donors (Lipinski definition) is 0. The van der Waals surface area contributed by atoms with Gasteiger partial charge in [-0.3, -0.25) is 15.0 Å². The molecule has 0 aromatic heterocycles. The highest BCUT2D eigenvalue weighted by Crippen LogP contribution is 2.24. The van der Waals surface area contributed by atoms with Crippen LogP contribution >= 0.6 is 15.9 Å². The number of benzene rings is 1. The van der Waals surface area contributed by atoms with E-state index in [1.165, 1.54) is 0 Å². The zero-order valence-corrected chi connectivity index (χ0v) is 12.6. The van der Waals surface area contributed by atoms with Gasteiger partial charge in [0.2, 0.25) is 0 Å². The second kappa shape index (κ2) is 6.45. The van der Waals surface area contributed by atoms with E-state index in [0.29, 0.717) is 6.54 Å². The molecule has 0 aliphatic carbocycles. The molecule has 6 heteroatoms. The van der Waals surface area contributed by atoms with Crippen molar-refractivity contribution in [3.8, 4) is 0 Å². The van der Waals surface area contributed by atoms with E-state index >= 15 is 0 Å². The molecule has 2 rings (SSSR count). The van der Waals surface area contributed by atoms with E-state index in [1.807, 2.05) is 6.07 Å². The standard InChI is InChI=1S/C13H18BrN3O2/c1-2-15-5-7-16(8-6-15)10-11-9-12(14)3-4-13(11)17(18)19/h3-4,9H,2,5-8,10H2,1H3. The van der Waals surface area contributed by atoms with Gasteiger partial charge in [-0.2, -0.15) is 0 Å². The Labute approximate surface area is 121 Å². The first kappa shape index (κ1) is 14.4. The van der Waals surface area contributed by atoms with Crippen LogP contribution in [0, 0.1) is 10.1 Å². The van der Waals surface area contributed by atoms with Gasteiger partial charge in [0.15, 0.2) is 0 Å². The summed E-state index contributed by atoms with van der Waals surface area (Å²) in [5.41, 5.74) is 0.991. The summed E-state index contributed by atoms with van der Waals surface area (Å²) in [6.45, 7) is 7.90. The van der Waals surface area contributed by atoms with E-state index in [0.717, 1.165) is 42.8 Å². The number of nitro groups is 1. The van der Waals surface area contributed by atoms with Crippen LogP contribution in [0.2, 0.25) is 0 Å². The maximum Gasteiger partial charge on any atom is 0.273 e. The molecule has 0 radical (unpaired) electrons. The molecule has 1 aliphatic rings. The predicted octanol–water partition coefficient (Wildman–Crippen LogP) is 2.49. The molecule has 1 fully saturated rings. The Morgan fingerprint density at radius 2 is 1.89 bits per heavy atom. The zero-order valence-electron chi connectivity index (χ0n) is 11.0. The van der Waals surface area contributed by atoms with Gasteiger partial charge in [0, 0.05) is 48.8 Å². The minimum Gasteiger partial charge on any atom is -0.301 e. The smallest absolute Gasteiger partial charge is 0.273 e. The van der Waals surface area contributed by atoms with Gasteiger partial charge >= 0.3 is 0 Å². The zero-order chi connectivity index (χ0) is 13.8. The summed E-state index contributed by atoms with van der Waals surface area (Å²) in [5.74, 6) is 0. The van der Waals surface area contributed by atoms with E-state index in [-0.39, 0.29) is 10.6 Å². The van der Waals surface area contributed by atoms with Crippen LogP contribution < -0.4 is 0 Å². The average molecular weight is 328 g/mol. The molecule has 0 bridgehead atoms. The summed E-state index contributed by atoms with van der Waals surface area (Å²) < 4.78 is 0.889. The van der Waals surface area contributed by atoms with Crippen LogP contribution in [-0.2, 0) is 6.54 Å². The molecule has 0 N–H and O–H groups in total. The lowest BCUT2D eigenvalue weighted by Crippen LogP contribution is -2.45. The van der Waals surface area contributed by atoms with Gasteiger partial charge in [-0.15, -0.1) is 0 Å². The molecular formula is C13H18BrN3O2. The quantitative estimate of drug-likeness (QED) is 0.629. The minimum atomic E-state index is -0.302. The summed E-state index contributed by atoms with van der Waals surface area (Å²) in [7, 11) is 0. The van der Waals surface area contributed by atoms with Crippen molar-refractivity contribution >= 4 is 21.6 Å². The van der Waals surface area contributed by atoms with Crippen LogP contribution in [0.5, 0.6) is 0 Å². The molecule has 1 aliphatic heterocycles. The van der Waals surface area contributed by atoms with Gasteiger partial charge in [0.25, 0.3) is 5.69 Å². The van der Waals surface area contributed by atoms with Crippen LogP contribution in [0.3, 0.4) is 0 Å². The predicted molar refractivity (Wildman–Crippen MR) is 78.2 cm³/mol. The Balaban J connectivity index is 2.06. The minimum absolute atomic E-state index is 0.209. The van der Waals surface area contributed by atoms with Gasteiger partial charge < -0.3 is 4.90 Å². The van der Waals surface area contributed by atoms with Gasteiger partial charge in [-0.25, -0.2) is 0 Å². The molecule has 5 nitrogen and oxygen atoms in total. The fraction of sp³-hybridized carbons (Fsp3) is 0.538. The SMILES string of the molecule is CCN1CCN(Cc2cc(Br)ccc2[N+](=O)[O-])CC1. The first-order valence-corrected chi connectivity index (χ1v) is 7.27. The average Bonchev–Trinajstić information content (AvgIpc) is 2.39. The van der Waals surface area contributed by atoms with Crippen molar-refractivity contribution in [1.29, 1.82) is 0 Å². The van der Waals surface area contributed by atoms with Gasteiger partial charge in [0.1, 0.15) is 0 Å². The second-order valence-corrected chi connectivity index (χ2v) is 5.66. The number of likely N-dealkylation sites (N-methyl/N-ethyl adjacent to an activating group) is 1. The molecule has 0 unspecified atom stereocenters. The lowest BCUT2D eigenvalue weighted by atomic mass is 10.1. The number of halogens is 1. The van der Waals surface area contributed by atoms with Crippen LogP contribution in [-0.4, -0.2) is 47.4 Å². The Bertz CT molecular complexity index is 459. The molecule has 0 amide bonds. The van der Waals surface area contributed by atoms with Crippen molar-refractivity contribution in [2.45, 2.75) is 13.5 Å². The van der Waals surface area contributed by atoms with Crippen LogP contribution in [0.1, 0.15) is 12.5 Å². The molecular weight excluding hydrogens is 310 g/mol. The first-order chi connectivity index (χ1) is 9.10. The maximum atomic E-state index is 11.0. The number of rotatable bonds is 4. The van der Waals surface area contributed by atoms with Crippen molar-refractivity contribution < 1.29 is 4.92 Å². The van der Waals surface area contributed by atoms with Gasteiger partial charge in [-0.05, 0) is 18.7 Å². The molecule has 1 heterocycles. The maximum absolute atomic E-state index is 11.0. The van der Waals surface area contributed by atoms with E-state index in [9.17, 15) is 10.1 Å². The van der Waals surface area contributed by atoms with Gasteiger partial charge in [-0.1, -0.05) is 22.9 Å². The highest BCUT2D eigenvalue weighted by atomic mass is 79.9. The summed E-state index contributed by atoms with van der Waals surface area (Å²) in [6.07, 6.45) is 0. The van der Waals surface area contributed by atoms with E-state index in [1.54, 1.807) is 12.1 Å². The molecule has 0 atom stereocenters. The molecule has 1 aromatic carbocycles. The highest BCUT2D eigenvalue weighted by Gasteiger charge is 2.20. The number of nitrogens with zero attached hydrogens (tertiary/aromatic N) is 3. The molecule has 1 aromatic rings. The summed E-state index contributed by atoms with van der Waals surface area (Å²) in [5, 5.41) is 11.0. The third-order valence-electron chi connectivity index (χ3n) is 3.54. The topological polar surface area (TPSA) is 49.6 Å². The third kappa shape index (κ3) is 3.75. The second-order valence-electron chi connectivity index (χ2n) is 4.74. The molecule has 0 spiro atoms. The Kier molecular flexibility index (Phi) is 4.90. The fourth-order valence-electron chi connectivity index (χ4n) is 2.36. The van der Waals surface area contributed by atoms with E-state index in [2.05, 4.69) is 32.7 Å². The van der Waals surface area contributed by atoms with Crippen molar-refractivity contribution in [2.75, 3.05) is 32.7 Å². The summed E-state index contributed by atoms with van der Waals surface area (Å²) >= 11 is 3.38. The van der Waals surface area contributed by atoms with Crippen LogP contribution in [0.4, 0.5) is 5.69 Å². The molecule has 1 saturated heterocycles. The van der Waals surface area contributed by atoms with Crippen molar-refractivity contribution in [3.05, 3.63) is 38.3 Å². The van der Waals surface area contributed by atoms with E-state index in [4.69, 9.17) is 0 Å². The van der Waals surface area contributed by atoms with E-state index < -0.39 is 0 Å². The molecule has 19 heavy (non-hydrogen) atoms. The normalized spacial score (nSPS) is 17.6. The molecule has 104 valence electrons. The lowest BCUT2D eigenvalue weighted by Gasteiger charge is -2.33. The monoisotopic (exact) mass is 327 g/mol. The number of nitro benzene ring substituents is 1. The van der Waals surface area contributed by atoms with Crippen molar-refractivity contribution in [3.63, 3.8) is 0 Å². The Hall–Kier alpha value is -0.980. The van der Waals surface area contributed by atoms with Crippen molar-refractivity contribution in [2.24, 2.45) is 0 Å². The first-order valence-electron chi connectivity index (χ1n) is 6.47. The largest absolute Gasteiger partial charge is 0.301 e. The van der Waals surface area contributed by atoms with Crippen LogP contribution in [0.15, 0.2) is 22.7 Å². The number of hydrogen-bond acceptors (Lipinski definition) is 4. The fourth-order valence-corrected chi connectivity index (χ4v) is 2.77. The Morgan fingerprint density at radius 1 is 1.26 bits per heavy atom. The highest BCUT2D eigenvalue weighted by molar-refractivity contribution is 9.10. The van der Waals surface area contributed by atoms with Crippen LogP contribution in [0.25, 0.3) is 0 Å². The Morgan fingerprint density at radius 3 is 2.47 bits per heavy atom. The lowest BCUT2D eigenvalue weighted by molar-refractivity contribution is -0.385. The van der Waals surface area contributed by atoms with Gasteiger partial charge in [0.05, 0.1) is 4.92 Å².